The summed E-state index contributed by atoms with van der Waals surface area (Å²) in [6, 6.07) is 16.9. The number of carbonyl (C=O) groups excluding carboxylic acids is 1. The fourth-order valence-corrected chi connectivity index (χ4v) is 6.40. The number of carboxylic acids is 1. The van der Waals surface area contributed by atoms with Crippen LogP contribution in [0.4, 0.5) is 11.5 Å². The van der Waals surface area contributed by atoms with Crippen LogP contribution >= 0.6 is 11.3 Å². The highest BCUT2D eigenvalue weighted by molar-refractivity contribution is 7.10. The van der Waals surface area contributed by atoms with E-state index in [0.29, 0.717) is 46.7 Å². The summed E-state index contributed by atoms with van der Waals surface area (Å²) in [6.45, 7) is 1.80. The molecule has 4 aromatic rings. The number of ketones is 1. The average molecular weight is 527 g/mol. The van der Waals surface area contributed by atoms with E-state index in [4.69, 9.17) is 5.10 Å². The lowest BCUT2D eigenvalue weighted by atomic mass is 9.73. The molecule has 6 rings (SSSR count). The number of aromatic nitrogens is 2. The standard InChI is InChI=1S/C28H22N4O5S/c1-15-24-25(16-6-4-7-18(12-16)32(36)37)26-20(13-17(14-22(26)33)23-10-5-11-38-23)29-27(24)31(30-15)21-9-3-2-8-19(21)28(34)35/h2-12,17,25,29H,13-14H2,1H3,(H,34,35)/t17-,25-/m0/s1. The quantitative estimate of drug-likeness (QED) is 0.248. The van der Waals surface area contributed by atoms with Crippen LogP contribution in [0, 0.1) is 17.0 Å². The molecule has 0 spiro atoms. The molecule has 0 fully saturated rings. The largest absolute Gasteiger partial charge is 0.478 e. The number of nitro groups is 1. The van der Waals surface area contributed by atoms with Gasteiger partial charge in [-0.3, -0.25) is 14.9 Å². The van der Waals surface area contributed by atoms with Gasteiger partial charge in [0, 0.05) is 52.1 Å². The smallest absolute Gasteiger partial charge is 0.337 e. The summed E-state index contributed by atoms with van der Waals surface area (Å²) >= 11 is 1.61. The number of anilines is 1. The molecule has 1 aliphatic carbocycles. The lowest BCUT2D eigenvalue weighted by Gasteiger charge is -2.35. The minimum Gasteiger partial charge on any atom is -0.478 e. The Morgan fingerprint density at radius 3 is 2.71 bits per heavy atom. The topological polar surface area (TPSA) is 127 Å². The first kappa shape index (κ1) is 23.8. The van der Waals surface area contributed by atoms with Crippen LogP contribution < -0.4 is 5.32 Å². The highest BCUT2D eigenvalue weighted by Crippen LogP contribution is 2.50. The number of nitrogens with zero attached hydrogens (tertiary/aromatic N) is 3. The second-order valence-electron chi connectivity index (χ2n) is 9.43. The number of non-ortho nitro benzene ring substituents is 1. The zero-order valence-corrected chi connectivity index (χ0v) is 21.1. The van der Waals surface area contributed by atoms with Crippen LogP contribution in [0.2, 0.25) is 0 Å². The molecule has 0 unspecified atom stereocenters. The monoisotopic (exact) mass is 526 g/mol. The van der Waals surface area contributed by atoms with Crippen LogP contribution in [-0.4, -0.2) is 31.6 Å². The Kier molecular flexibility index (Phi) is 5.68. The van der Waals surface area contributed by atoms with Crippen molar-refractivity contribution in [2.45, 2.75) is 31.6 Å². The van der Waals surface area contributed by atoms with Crippen molar-refractivity contribution in [3.8, 4) is 5.69 Å². The van der Waals surface area contributed by atoms with Crippen molar-refractivity contribution < 1.29 is 19.6 Å². The van der Waals surface area contributed by atoms with Gasteiger partial charge in [-0.2, -0.15) is 5.10 Å². The molecule has 0 saturated heterocycles. The number of nitro benzene ring substituents is 1. The van der Waals surface area contributed by atoms with Crippen LogP contribution in [-0.2, 0) is 4.79 Å². The van der Waals surface area contributed by atoms with E-state index < -0.39 is 16.8 Å². The Labute approximate surface area is 221 Å². The molecule has 2 aromatic carbocycles. The van der Waals surface area contributed by atoms with Crippen LogP contribution in [0.25, 0.3) is 5.69 Å². The number of thiophene rings is 1. The predicted octanol–water partition coefficient (Wildman–Crippen LogP) is 5.81. The van der Waals surface area contributed by atoms with E-state index in [1.165, 1.54) is 18.2 Å². The normalized spacial score (nSPS) is 18.5. The van der Waals surface area contributed by atoms with Gasteiger partial charge >= 0.3 is 5.97 Å². The van der Waals surface area contributed by atoms with Gasteiger partial charge in [-0.15, -0.1) is 11.3 Å². The van der Waals surface area contributed by atoms with Crippen molar-refractivity contribution in [3.05, 3.63) is 115 Å². The van der Waals surface area contributed by atoms with Gasteiger partial charge in [0.25, 0.3) is 5.69 Å². The number of nitrogens with one attached hydrogen (secondary N) is 1. The van der Waals surface area contributed by atoms with E-state index in [9.17, 15) is 24.8 Å². The first-order valence-corrected chi connectivity index (χ1v) is 12.9. The van der Waals surface area contributed by atoms with Gasteiger partial charge in [0.15, 0.2) is 5.78 Å². The molecular formula is C28H22N4O5S. The van der Waals surface area contributed by atoms with E-state index in [0.717, 1.165) is 10.6 Å². The molecule has 0 bridgehead atoms. The lowest BCUT2D eigenvalue weighted by molar-refractivity contribution is -0.384. The summed E-state index contributed by atoms with van der Waals surface area (Å²) in [5.41, 5.74) is 3.64. The summed E-state index contributed by atoms with van der Waals surface area (Å²) in [6.07, 6.45) is 0.925. The Morgan fingerprint density at radius 2 is 1.97 bits per heavy atom. The zero-order chi connectivity index (χ0) is 26.6. The lowest BCUT2D eigenvalue weighted by Crippen LogP contribution is -2.30. The van der Waals surface area contributed by atoms with Gasteiger partial charge in [0.2, 0.25) is 0 Å². The maximum Gasteiger partial charge on any atom is 0.337 e. The second kappa shape index (κ2) is 9.07. The van der Waals surface area contributed by atoms with E-state index in [2.05, 4.69) is 5.32 Å². The number of aromatic carboxylic acids is 1. The third-order valence-electron chi connectivity index (χ3n) is 7.18. The Balaban J connectivity index is 1.58. The zero-order valence-electron chi connectivity index (χ0n) is 20.2. The molecule has 2 N–H and O–H groups in total. The predicted molar refractivity (Wildman–Crippen MR) is 142 cm³/mol. The number of carbonyl (C=O) groups is 2. The molecule has 1 aliphatic heterocycles. The molecule has 9 nitrogen and oxygen atoms in total. The highest BCUT2D eigenvalue weighted by Gasteiger charge is 2.42. The van der Waals surface area contributed by atoms with E-state index in [1.807, 2.05) is 17.5 Å². The van der Waals surface area contributed by atoms with Gasteiger partial charge in [-0.1, -0.05) is 30.3 Å². The van der Waals surface area contributed by atoms with Crippen LogP contribution in [0.5, 0.6) is 0 Å². The fraction of sp³-hybridized carbons (Fsp3) is 0.179. The van der Waals surface area contributed by atoms with Crippen LogP contribution in [0.1, 0.15) is 56.7 Å². The van der Waals surface area contributed by atoms with Gasteiger partial charge in [-0.05, 0) is 42.5 Å². The molecule has 3 heterocycles. The Bertz CT molecular complexity index is 1650. The molecule has 190 valence electrons. The van der Waals surface area contributed by atoms with Crippen molar-refractivity contribution in [3.63, 3.8) is 0 Å². The molecule has 0 amide bonds. The second-order valence-corrected chi connectivity index (χ2v) is 10.4. The van der Waals surface area contributed by atoms with Crippen LogP contribution in [0.15, 0.2) is 77.3 Å². The van der Waals surface area contributed by atoms with Crippen molar-refractivity contribution in [2.75, 3.05) is 5.32 Å². The molecular weight excluding hydrogens is 504 g/mol. The number of hydrogen-bond acceptors (Lipinski definition) is 7. The first-order valence-electron chi connectivity index (χ1n) is 12.1. The highest BCUT2D eigenvalue weighted by atomic mass is 32.1. The van der Waals surface area contributed by atoms with Gasteiger partial charge in [0.1, 0.15) is 5.82 Å². The molecule has 0 radical (unpaired) electrons. The van der Waals surface area contributed by atoms with Crippen molar-refractivity contribution in [1.82, 2.24) is 9.78 Å². The number of benzene rings is 2. The number of aryl methyl sites for hydroxylation is 1. The number of rotatable bonds is 5. The Morgan fingerprint density at radius 1 is 1.16 bits per heavy atom. The molecule has 2 atom stereocenters. The number of allylic oxidation sites excluding steroid dienone is 2. The molecule has 2 aliphatic rings. The number of carboxylic acid groups (broad SMARTS) is 1. The summed E-state index contributed by atoms with van der Waals surface area (Å²) in [4.78, 5) is 38.0. The average Bonchev–Trinajstić information content (AvgIpc) is 3.56. The molecule has 0 saturated carbocycles. The first-order chi connectivity index (χ1) is 18.3. The maximum atomic E-state index is 13.7. The summed E-state index contributed by atoms with van der Waals surface area (Å²) in [7, 11) is 0. The van der Waals surface area contributed by atoms with E-state index >= 15 is 0 Å². The van der Waals surface area contributed by atoms with Gasteiger partial charge in [0.05, 0.1) is 21.9 Å². The van der Waals surface area contributed by atoms with E-state index in [1.54, 1.807) is 53.3 Å². The third-order valence-corrected chi connectivity index (χ3v) is 8.22. The maximum absolute atomic E-state index is 13.7. The minimum atomic E-state index is -1.08. The van der Waals surface area contributed by atoms with Crippen molar-refractivity contribution in [2.24, 2.45) is 0 Å². The molecule has 10 heteroatoms. The van der Waals surface area contributed by atoms with Crippen molar-refractivity contribution in [1.29, 1.82) is 0 Å². The summed E-state index contributed by atoms with van der Waals surface area (Å²) < 4.78 is 1.57. The SMILES string of the molecule is Cc1nn(-c2ccccc2C(=O)O)c2c1[C@H](c1cccc([N+](=O)[O-])c1)C1=C(C[C@H](c3cccs3)CC1=O)N2. The number of fused-ring (bicyclic) bond motifs is 1. The van der Waals surface area contributed by atoms with Crippen LogP contribution in [0.3, 0.4) is 0 Å². The number of hydrogen-bond donors (Lipinski definition) is 2. The number of para-hydroxylation sites is 1. The minimum absolute atomic E-state index is 0.00448. The third kappa shape index (κ3) is 3.81. The Hall–Kier alpha value is -4.57. The van der Waals surface area contributed by atoms with E-state index in [-0.39, 0.29) is 23.0 Å². The molecule has 2 aromatic heterocycles. The van der Waals surface area contributed by atoms with Crippen molar-refractivity contribution >= 4 is 34.6 Å². The van der Waals surface area contributed by atoms with Gasteiger partial charge in [-0.25, -0.2) is 9.48 Å². The molecule has 38 heavy (non-hydrogen) atoms. The number of Topliss-reactive ketones (excluding diaryl/α,β-unsaturated/α-hetero) is 1. The summed E-state index contributed by atoms with van der Waals surface area (Å²) in [5.74, 6) is -1.11. The summed E-state index contributed by atoms with van der Waals surface area (Å²) in [5, 5.41) is 31.6. The fourth-order valence-electron chi connectivity index (χ4n) is 5.57. The van der Waals surface area contributed by atoms with Gasteiger partial charge < -0.3 is 10.4 Å².